The van der Waals surface area contributed by atoms with Crippen molar-refractivity contribution in [3.63, 3.8) is 0 Å². The summed E-state index contributed by atoms with van der Waals surface area (Å²) in [6, 6.07) is 2.38. The van der Waals surface area contributed by atoms with Gasteiger partial charge in [0.1, 0.15) is 5.69 Å². The first-order chi connectivity index (χ1) is 9.49. The fraction of sp³-hybridized carbons (Fsp3) is 0.538. The summed E-state index contributed by atoms with van der Waals surface area (Å²) in [5.41, 5.74) is -0.119. The van der Waals surface area contributed by atoms with Crippen molar-refractivity contribution in [2.75, 3.05) is 6.54 Å². The lowest BCUT2D eigenvalue weighted by Crippen LogP contribution is -2.45. The van der Waals surface area contributed by atoms with Crippen LogP contribution in [0.25, 0.3) is 0 Å². The number of carboxylic acid groups (broad SMARTS) is 1. The van der Waals surface area contributed by atoms with Gasteiger partial charge in [0.2, 0.25) is 0 Å². The SMILES string of the molecule is Cn1nc(C(=O)N2CCCCC2CC(=O)O)ccc1=O. The smallest absolute Gasteiger partial charge is 0.305 e. The molecule has 1 atom stereocenters. The number of carbonyl (C=O) groups excluding carboxylic acids is 1. The third-order valence-corrected chi connectivity index (χ3v) is 3.48. The van der Waals surface area contributed by atoms with E-state index in [4.69, 9.17) is 5.11 Å². The van der Waals surface area contributed by atoms with Gasteiger partial charge in [-0.05, 0) is 25.3 Å². The van der Waals surface area contributed by atoms with Crippen molar-refractivity contribution in [1.29, 1.82) is 0 Å². The fourth-order valence-electron chi connectivity index (χ4n) is 2.45. The van der Waals surface area contributed by atoms with E-state index in [1.54, 1.807) is 4.90 Å². The molecule has 0 aromatic carbocycles. The molecule has 1 aliphatic heterocycles. The van der Waals surface area contributed by atoms with Crippen LogP contribution < -0.4 is 5.56 Å². The van der Waals surface area contributed by atoms with Gasteiger partial charge < -0.3 is 10.0 Å². The van der Waals surface area contributed by atoms with Gasteiger partial charge >= 0.3 is 5.97 Å². The Morgan fingerprint density at radius 2 is 2.15 bits per heavy atom. The number of aromatic nitrogens is 2. The van der Waals surface area contributed by atoms with Crippen LogP contribution in [0.15, 0.2) is 16.9 Å². The first kappa shape index (κ1) is 14.2. The number of hydrogen-bond acceptors (Lipinski definition) is 4. The zero-order valence-corrected chi connectivity index (χ0v) is 11.3. The molecule has 1 fully saturated rings. The predicted molar refractivity (Wildman–Crippen MR) is 70.4 cm³/mol. The summed E-state index contributed by atoms with van der Waals surface area (Å²) in [5.74, 6) is -1.23. The van der Waals surface area contributed by atoms with Gasteiger partial charge in [0.25, 0.3) is 11.5 Å². The largest absolute Gasteiger partial charge is 0.481 e. The van der Waals surface area contributed by atoms with E-state index in [2.05, 4.69) is 5.10 Å². The normalized spacial score (nSPS) is 18.9. The zero-order valence-electron chi connectivity index (χ0n) is 11.3. The second-order valence-electron chi connectivity index (χ2n) is 4.93. The highest BCUT2D eigenvalue weighted by molar-refractivity contribution is 5.92. The summed E-state index contributed by atoms with van der Waals surface area (Å²) in [5, 5.41) is 12.8. The molecule has 2 heterocycles. The Labute approximate surface area is 115 Å². The summed E-state index contributed by atoms with van der Waals surface area (Å²) in [6.45, 7) is 0.529. The van der Waals surface area contributed by atoms with Gasteiger partial charge in [0.15, 0.2) is 0 Å². The summed E-state index contributed by atoms with van der Waals surface area (Å²) in [4.78, 5) is 36.1. The van der Waals surface area contributed by atoms with E-state index in [9.17, 15) is 14.4 Å². The number of carbonyl (C=O) groups is 2. The molecule has 1 N–H and O–H groups in total. The lowest BCUT2D eigenvalue weighted by atomic mass is 9.99. The van der Waals surface area contributed by atoms with Crippen LogP contribution in [0.3, 0.4) is 0 Å². The Morgan fingerprint density at radius 1 is 1.40 bits per heavy atom. The number of aliphatic carboxylic acids is 1. The number of rotatable bonds is 3. The van der Waals surface area contributed by atoms with Gasteiger partial charge in [-0.25, -0.2) is 4.68 Å². The summed E-state index contributed by atoms with van der Waals surface area (Å²) in [7, 11) is 1.48. The van der Waals surface area contributed by atoms with Crippen molar-refractivity contribution < 1.29 is 14.7 Å². The van der Waals surface area contributed by atoms with Crippen LogP contribution in [0.4, 0.5) is 0 Å². The number of likely N-dealkylation sites (tertiary alicyclic amines) is 1. The third kappa shape index (κ3) is 3.04. The monoisotopic (exact) mass is 279 g/mol. The number of nitrogens with zero attached hydrogens (tertiary/aromatic N) is 3. The number of aryl methyl sites for hydroxylation is 1. The van der Waals surface area contributed by atoms with Crippen molar-refractivity contribution in [2.45, 2.75) is 31.7 Å². The highest BCUT2D eigenvalue weighted by Crippen LogP contribution is 2.21. The molecule has 1 amide bonds. The second kappa shape index (κ2) is 5.85. The molecule has 1 aromatic heterocycles. The molecular formula is C13H17N3O4. The molecule has 0 bridgehead atoms. The molecule has 0 spiro atoms. The Hall–Kier alpha value is -2.18. The van der Waals surface area contributed by atoms with Crippen molar-refractivity contribution in [3.05, 3.63) is 28.2 Å². The molecule has 2 rings (SSSR count). The number of piperidine rings is 1. The van der Waals surface area contributed by atoms with E-state index in [0.29, 0.717) is 13.0 Å². The molecule has 1 aromatic rings. The van der Waals surface area contributed by atoms with Crippen LogP contribution in [0, 0.1) is 0 Å². The van der Waals surface area contributed by atoms with Gasteiger partial charge in [0, 0.05) is 25.7 Å². The minimum Gasteiger partial charge on any atom is -0.481 e. The Bertz CT molecular complexity index is 581. The lowest BCUT2D eigenvalue weighted by molar-refractivity contribution is -0.138. The quantitative estimate of drug-likeness (QED) is 0.856. The first-order valence-electron chi connectivity index (χ1n) is 6.56. The average molecular weight is 279 g/mol. The summed E-state index contributed by atoms with van der Waals surface area (Å²) < 4.78 is 1.10. The molecular weight excluding hydrogens is 262 g/mol. The number of amides is 1. The standard InChI is InChI=1S/C13H17N3O4/c1-15-11(17)6-5-10(14-15)13(20)16-7-3-2-4-9(16)8-12(18)19/h5-6,9H,2-4,7-8H2,1H3,(H,18,19). The van der Waals surface area contributed by atoms with E-state index >= 15 is 0 Å². The van der Waals surface area contributed by atoms with Gasteiger partial charge in [-0.15, -0.1) is 0 Å². The Kier molecular flexibility index (Phi) is 4.16. The zero-order chi connectivity index (χ0) is 14.7. The average Bonchev–Trinajstić information content (AvgIpc) is 2.41. The van der Waals surface area contributed by atoms with E-state index in [1.807, 2.05) is 0 Å². The first-order valence-corrected chi connectivity index (χ1v) is 6.56. The molecule has 1 unspecified atom stereocenters. The van der Waals surface area contributed by atoms with Gasteiger partial charge in [0.05, 0.1) is 6.42 Å². The highest BCUT2D eigenvalue weighted by atomic mass is 16.4. The molecule has 0 aliphatic carbocycles. The van der Waals surface area contributed by atoms with Gasteiger partial charge in [-0.2, -0.15) is 5.10 Å². The maximum atomic E-state index is 12.4. The minimum atomic E-state index is -0.914. The van der Waals surface area contributed by atoms with Gasteiger partial charge in [-0.1, -0.05) is 0 Å². The molecule has 0 saturated carbocycles. The molecule has 7 nitrogen and oxygen atoms in total. The molecule has 1 saturated heterocycles. The highest BCUT2D eigenvalue weighted by Gasteiger charge is 2.29. The van der Waals surface area contributed by atoms with Crippen molar-refractivity contribution >= 4 is 11.9 Å². The maximum Gasteiger partial charge on any atom is 0.305 e. The van der Waals surface area contributed by atoms with Crippen LogP contribution >= 0.6 is 0 Å². The van der Waals surface area contributed by atoms with Gasteiger partial charge in [-0.3, -0.25) is 14.4 Å². The Morgan fingerprint density at radius 3 is 2.80 bits per heavy atom. The number of carboxylic acids is 1. The van der Waals surface area contributed by atoms with E-state index < -0.39 is 5.97 Å². The van der Waals surface area contributed by atoms with Crippen LogP contribution in [0.5, 0.6) is 0 Å². The van der Waals surface area contributed by atoms with Crippen LogP contribution in [-0.4, -0.2) is 44.3 Å². The molecule has 0 radical (unpaired) electrons. The second-order valence-corrected chi connectivity index (χ2v) is 4.93. The lowest BCUT2D eigenvalue weighted by Gasteiger charge is -2.34. The molecule has 7 heteroatoms. The van der Waals surface area contributed by atoms with E-state index in [0.717, 1.165) is 17.5 Å². The number of hydrogen-bond donors (Lipinski definition) is 1. The third-order valence-electron chi connectivity index (χ3n) is 3.48. The molecule has 108 valence electrons. The van der Waals surface area contributed by atoms with E-state index in [1.165, 1.54) is 19.2 Å². The van der Waals surface area contributed by atoms with Crippen molar-refractivity contribution in [2.24, 2.45) is 7.05 Å². The fourth-order valence-corrected chi connectivity index (χ4v) is 2.45. The van der Waals surface area contributed by atoms with E-state index in [-0.39, 0.29) is 29.6 Å². The topological polar surface area (TPSA) is 92.5 Å². The molecule has 1 aliphatic rings. The van der Waals surface area contributed by atoms with Crippen molar-refractivity contribution in [3.8, 4) is 0 Å². The summed E-state index contributed by atoms with van der Waals surface area (Å²) >= 11 is 0. The minimum absolute atomic E-state index is 0.0580. The molecule has 20 heavy (non-hydrogen) atoms. The van der Waals surface area contributed by atoms with Crippen LogP contribution in [0.2, 0.25) is 0 Å². The summed E-state index contributed by atoms with van der Waals surface area (Å²) in [6.07, 6.45) is 2.40. The predicted octanol–water partition coefficient (Wildman–Crippen LogP) is 0.250. The van der Waals surface area contributed by atoms with Crippen LogP contribution in [-0.2, 0) is 11.8 Å². The maximum absolute atomic E-state index is 12.4. The van der Waals surface area contributed by atoms with Crippen LogP contribution in [0.1, 0.15) is 36.2 Å². The Balaban J connectivity index is 2.22. The van der Waals surface area contributed by atoms with Crippen molar-refractivity contribution in [1.82, 2.24) is 14.7 Å².